The summed E-state index contributed by atoms with van der Waals surface area (Å²) in [6.45, 7) is 6.53. The predicted molar refractivity (Wildman–Crippen MR) is 47.7 cm³/mol. The molecule has 0 bridgehead atoms. The molecule has 0 unspecified atom stereocenters. The van der Waals surface area contributed by atoms with Crippen molar-refractivity contribution in [3.63, 3.8) is 0 Å². The first-order valence-corrected chi connectivity index (χ1v) is 4.58. The number of esters is 1. The summed E-state index contributed by atoms with van der Waals surface area (Å²) in [5.41, 5.74) is 0.118. The molecule has 0 spiro atoms. The van der Waals surface area contributed by atoms with Crippen LogP contribution in [0.3, 0.4) is 0 Å². The zero-order valence-corrected chi connectivity index (χ0v) is 8.39. The number of methoxy groups -OCH3 is 1. The van der Waals surface area contributed by atoms with Crippen LogP contribution >= 0.6 is 0 Å². The van der Waals surface area contributed by atoms with Gasteiger partial charge in [-0.3, -0.25) is 4.79 Å². The SMILES string of the molecule is COC(=O)[C@@H]1CC[C@H](C)C1(C)C. The lowest BCUT2D eigenvalue weighted by Crippen LogP contribution is -2.30. The van der Waals surface area contributed by atoms with Gasteiger partial charge in [0.1, 0.15) is 0 Å². The quantitative estimate of drug-likeness (QED) is 0.564. The molecule has 1 rings (SSSR count). The van der Waals surface area contributed by atoms with Crippen molar-refractivity contribution in [1.29, 1.82) is 0 Å². The highest BCUT2D eigenvalue weighted by Gasteiger charge is 2.44. The van der Waals surface area contributed by atoms with E-state index in [1.807, 2.05) is 0 Å². The minimum absolute atomic E-state index is 0.0376. The van der Waals surface area contributed by atoms with Crippen LogP contribution in [0.25, 0.3) is 0 Å². The molecule has 2 nitrogen and oxygen atoms in total. The Hall–Kier alpha value is -0.530. The van der Waals surface area contributed by atoms with E-state index in [1.165, 1.54) is 7.11 Å². The van der Waals surface area contributed by atoms with Crippen LogP contribution in [-0.2, 0) is 9.53 Å². The largest absolute Gasteiger partial charge is 0.469 e. The van der Waals surface area contributed by atoms with Crippen LogP contribution < -0.4 is 0 Å². The first-order chi connectivity index (χ1) is 5.50. The molecule has 1 aliphatic carbocycles. The van der Waals surface area contributed by atoms with Crippen molar-refractivity contribution in [2.45, 2.75) is 33.6 Å². The van der Waals surface area contributed by atoms with Gasteiger partial charge in [0.2, 0.25) is 0 Å². The average molecular weight is 170 g/mol. The number of ether oxygens (including phenoxy) is 1. The third-order valence-corrected chi connectivity index (χ3v) is 3.54. The molecule has 70 valence electrons. The fourth-order valence-electron chi connectivity index (χ4n) is 2.07. The van der Waals surface area contributed by atoms with E-state index in [1.54, 1.807) is 0 Å². The van der Waals surface area contributed by atoms with E-state index >= 15 is 0 Å². The molecule has 0 aromatic rings. The molecule has 2 heteroatoms. The topological polar surface area (TPSA) is 26.3 Å². The van der Waals surface area contributed by atoms with Crippen LogP contribution in [0.5, 0.6) is 0 Å². The average Bonchev–Trinajstić information content (AvgIpc) is 2.27. The summed E-state index contributed by atoms with van der Waals surface area (Å²) in [6.07, 6.45) is 2.13. The van der Waals surface area contributed by atoms with Crippen molar-refractivity contribution in [2.24, 2.45) is 17.3 Å². The molecule has 0 radical (unpaired) electrons. The Balaban J connectivity index is 2.74. The van der Waals surface area contributed by atoms with Crippen molar-refractivity contribution in [1.82, 2.24) is 0 Å². The van der Waals surface area contributed by atoms with Gasteiger partial charge in [0.05, 0.1) is 13.0 Å². The minimum Gasteiger partial charge on any atom is -0.469 e. The molecule has 0 saturated heterocycles. The molecule has 1 aliphatic rings. The summed E-state index contributed by atoms with van der Waals surface area (Å²) in [4.78, 5) is 11.4. The van der Waals surface area contributed by atoms with Gasteiger partial charge in [-0.2, -0.15) is 0 Å². The Labute approximate surface area is 74.3 Å². The number of carbonyl (C=O) groups is 1. The van der Waals surface area contributed by atoms with Gasteiger partial charge >= 0.3 is 5.97 Å². The van der Waals surface area contributed by atoms with E-state index in [2.05, 4.69) is 20.8 Å². The highest BCUT2D eigenvalue weighted by Crippen LogP contribution is 2.47. The lowest BCUT2D eigenvalue weighted by molar-refractivity contribution is -0.149. The van der Waals surface area contributed by atoms with Crippen LogP contribution in [0.1, 0.15) is 33.6 Å². The number of hydrogen-bond acceptors (Lipinski definition) is 2. The molecule has 2 atom stereocenters. The smallest absolute Gasteiger partial charge is 0.309 e. The zero-order valence-electron chi connectivity index (χ0n) is 8.39. The lowest BCUT2D eigenvalue weighted by Gasteiger charge is -2.29. The maximum absolute atomic E-state index is 11.4. The zero-order chi connectivity index (χ0) is 9.35. The van der Waals surface area contributed by atoms with E-state index < -0.39 is 0 Å². The molecular formula is C10H18O2. The van der Waals surface area contributed by atoms with Gasteiger partial charge in [0, 0.05) is 0 Å². The van der Waals surface area contributed by atoms with Crippen LogP contribution in [0.4, 0.5) is 0 Å². The fourth-order valence-corrected chi connectivity index (χ4v) is 2.07. The third-order valence-electron chi connectivity index (χ3n) is 3.54. The summed E-state index contributed by atoms with van der Waals surface area (Å²) >= 11 is 0. The number of rotatable bonds is 1. The van der Waals surface area contributed by atoms with E-state index in [-0.39, 0.29) is 17.3 Å². The van der Waals surface area contributed by atoms with Crippen molar-refractivity contribution in [2.75, 3.05) is 7.11 Å². The van der Waals surface area contributed by atoms with E-state index in [0.717, 1.165) is 12.8 Å². The normalized spacial score (nSPS) is 33.3. The Morgan fingerprint density at radius 2 is 2.00 bits per heavy atom. The van der Waals surface area contributed by atoms with Crippen LogP contribution in [0, 0.1) is 17.3 Å². The van der Waals surface area contributed by atoms with Crippen molar-refractivity contribution in [3.8, 4) is 0 Å². The summed E-state index contributed by atoms with van der Waals surface area (Å²) in [6, 6.07) is 0. The monoisotopic (exact) mass is 170 g/mol. The molecule has 0 heterocycles. The molecule has 12 heavy (non-hydrogen) atoms. The summed E-state index contributed by atoms with van der Waals surface area (Å²) in [5, 5.41) is 0. The Bertz CT molecular complexity index is 184. The van der Waals surface area contributed by atoms with Gasteiger partial charge in [-0.15, -0.1) is 0 Å². The Morgan fingerprint density at radius 3 is 2.33 bits per heavy atom. The molecule has 1 saturated carbocycles. The molecule has 0 aliphatic heterocycles. The Morgan fingerprint density at radius 1 is 1.42 bits per heavy atom. The van der Waals surface area contributed by atoms with Crippen LogP contribution in [0.15, 0.2) is 0 Å². The minimum atomic E-state index is -0.0376. The Kier molecular flexibility index (Phi) is 2.45. The predicted octanol–water partition coefficient (Wildman–Crippen LogP) is 2.23. The highest BCUT2D eigenvalue weighted by molar-refractivity contribution is 5.73. The summed E-state index contributed by atoms with van der Waals surface area (Å²) < 4.78 is 4.78. The second-order valence-corrected chi connectivity index (χ2v) is 4.38. The van der Waals surface area contributed by atoms with Gasteiger partial charge in [-0.25, -0.2) is 0 Å². The molecule has 0 N–H and O–H groups in total. The maximum Gasteiger partial charge on any atom is 0.309 e. The lowest BCUT2D eigenvalue weighted by atomic mass is 9.76. The first-order valence-electron chi connectivity index (χ1n) is 4.58. The molecule has 0 aromatic heterocycles. The third kappa shape index (κ3) is 1.35. The fraction of sp³-hybridized carbons (Fsp3) is 0.900. The highest BCUT2D eigenvalue weighted by atomic mass is 16.5. The van der Waals surface area contributed by atoms with Gasteiger partial charge in [0.15, 0.2) is 0 Å². The molecule has 1 fully saturated rings. The van der Waals surface area contributed by atoms with Crippen LogP contribution in [-0.4, -0.2) is 13.1 Å². The van der Waals surface area contributed by atoms with E-state index in [0.29, 0.717) is 5.92 Å². The standard InChI is InChI=1S/C10H18O2/c1-7-5-6-8(9(11)12-4)10(7,2)3/h7-8H,5-6H2,1-4H3/t7-,8-/m0/s1. The maximum atomic E-state index is 11.4. The summed E-state index contributed by atoms with van der Waals surface area (Å²) in [7, 11) is 1.47. The van der Waals surface area contributed by atoms with Crippen molar-refractivity contribution >= 4 is 5.97 Å². The molecular weight excluding hydrogens is 152 g/mol. The number of carbonyl (C=O) groups excluding carboxylic acids is 1. The van der Waals surface area contributed by atoms with Gasteiger partial charge in [-0.05, 0) is 24.2 Å². The second-order valence-electron chi connectivity index (χ2n) is 4.38. The second kappa shape index (κ2) is 3.08. The van der Waals surface area contributed by atoms with Crippen molar-refractivity contribution < 1.29 is 9.53 Å². The van der Waals surface area contributed by atoms with Gasteiger partial charge < -0.3 is 4.74 Å². The number of hydrogen-bond donors (Lipinski definition) is 0. The van der Waals surface area contributed by atoms with Crippen LogP contribution in [0.2, 0.25) is 0 Å². The molecule has 0 amide bonds. The van der Waals surface area contributed by atoms with Gasteiger partial charge in [-0.1, -0.05) is 20.8 Å². The summed E-state index contributed by atoms with van der Waals surface area (Å²) in [5.74, 6) is 0.698. The molecule has 0 aromatic carbocycles. The van der Waals surface area contributed by atoms with E-state index in [9.17, 15) is 4.79 Å². The van der Waals surface area contributed by atoms with Gasteiger partial charge in [0.25, 0.3) is 0 Å². The van der Waals surface area contributed by atoms with Crippen molar-refractivity contribution in [3.05, 3.63) is 0 Å². The van der Waals surface area contributed by atoms with E-state index in [4.69, 9.17) is 4.74 Å². The first kappa shape index (κ1) is 9.56.